The van der Waals surface area contributed by atoms with Crippen LogP contribution in [-0.4, -0.2) is 27.6 Å². The van der Waals surface area contributed by atoms with Gasteiger partial charge in [0, 0.05) is 18.8 Å². The molecule has 0 amide bonds. The van der Waals surface area contributed by atoms with E-state index in [-0.39, 0.29) is 0 Å². The first-order valence-corrected chi connectivity index (χ1v) is 12.7. The molecule has 0 saturated heterocycles. The zero-order valence-corrected chi connectivity index (χ0v) is 21.0. The first-order chi connectivity index (χ1) is 15.5. The summed E-state index contributed by atoms with van der Waals surface area (Å²) in [5.74, 6) is 2.05. The van der Waals surface area contributed by atoms with Crippen LogP contribution in [0.15, 0.2) is 12.1 Å². The van der Waals surface area contributed by atoms with E-state index in [2.05, 4.69) is 63.1 Å². The van der Waals surface area contributed by atoms with Crippen LogP contribution in [-0.2, 0) is 12.8 Å². The molecule has 0 bridgehead atoms. The maximum Gasteiger partial charge on any atom is 0.150 e. The Kier molecular flexibility index (Phi) is 6.88. The maximum absolute atomic E-state index is 5.09. The molecule has 4 rings (SSSR count). The number of hydrogen-bond donors (Lipinski definition) is 0. The van der Waals surface area contributed by atoms with E-state index >= 15 is 0 Å². The van der Waals surface area contributed by atoms with E-state index in [1.165, 1.54) is 83.4 Å². The van der Waals surface area contributed by atoms with Crippen LogP contribution in [0.3, 0.4) is 0 Å². The number of anilines is 1. The zero-order chi connectivity index (χ0) is 22.8. The van der Waals surface area contributed by atoms with Gasteiger partial charge in [-0.2, -0.15) is 0 Å². The predicted octanol–water partition coefficient (Wildman–Crippen LogP) is 6.94. The molecule has 4 heteroatoms. The van der Waals surface area contributed by atoms with E-state index in [0.717, 1.165) is 37.4 Å². The van der Waals surface area contributed by atoms with Crippen molar-refractivity contribution < 1.29 is 0 Å². The molecule has 3 aromatic rings. The van der Waals surface area contributed by atoms with Crippen molar-refractivity contribution in [1.29, 1.82) is 0 Å². The molecule has 4 nitrogen and oxygen atoms in total. The van der Waals surface area contributed by atoms with Gasteiger partial charge in [0.15, 0.2) is 5.65 Å². The molecule has 0 atom stereocenters. The van der Waals surface area contributed by atoms with Gasteiger partial charge in [-0.05, 0) is 82.9 Å². The number of fused-ring (bicyclic) bond motifs is 3. The van der Waals surface area contributed by atoms with Crippen LogP contribution < -0.4 is 4.90 Å². The van der Waals surface area contributed by atoms with Crippen LogP contribution in [0.2, 0.25) is 0 Å². The van der Waals surface area contributed by atoms with Gasteiger partial charge in [0.1, 0.15) is 11.6 Å². The highest BCUT2D eigenvalue weighted by Crippen LogP contribution is 2.39. The first kappa shape index (κ1) is 22.8. The standard InChI is InChI=1S/C28H40N4/c1-7-9-15-31(16-10-8-2)27-25-23-13-11-12-14-24(23)32(28(25)30-22(6)29-27)26-20(4)17-19(3)18-21(26)5/h17-18H,7-16H2,1-6H3. The molecule has 0 unspecified atom stereocenters. The lowest BCUT2D eigenvalue weighted by Gasteiger charge is -2.25. The van der Waals surface area contributed by atoms with Gasteiger partial charge in [-0.3, -0.25) is 4.57 Å². The van der Waals surface area contributed by atoms with Gasteiger partial charge in [0.05, 0.1) is 11.1 Å². The molecule has 32 heavy (non-hydrogen) atoms. The summed E-state index contributed by atoms with van der Waals surface area (Å²) < 4.78 is 2.50. The van der Waals surface area contributed by atoms with Crippen molar-refractivity contribution in [3.8, 4) is 5.69 Å². The van der Waals surface area contributed by atoms with Gasteiger partial charge in [0.25, 0.3) is 0 Å². The predicted molar refractivity (Wildman–Crippen MR) is 136 cm³/mol. The fourth-order valence-electron chi connectivity index (χ4n) is 5.52. The lowest BCUT2D eigenvalue weighted by Crippen LogP contribution is -2.27. The molecule has 1 aromatic carbocycles. The maximum atomic E-state index is 5.09. The largest absolute Gasteiger partial charge is 0.356 e. The number of unbranched alkanes of at least 4 members (excludes halogenated alkanes) is 2. The molecular formula is C28H40N4. The van der Waals surface area contributed by atoms with Crippen molar-refractivity contribution in [3.63, 3.8) is 0 Å². The number of hydrogen-bond acceptors (Lipinski definition) is 3. The molecule has 0 radical (unpaired) electrons. The second-order valence-corrected chi connectivity index (χ2v) is 9.70. The third-order valence-electron chi connectivity index (χ3n) is 6.93. The monoisotopic (exact) mass is 432 g/mol. The molecule has 0 N–H and O–H groups in total. The quantitative estimate of drug-likeness (QED) is 0.386. The van der Waals surface area contributed by atoms with Crippen LogP contribution in [0.25, 0.3) is 16.7 Å². The third kappa shape index (κ3) is 4.16. The minimum atomic E-state index is 0.879. The molecule has 172 valence electrons. The number of nitrogens with zero attached hydrogens (tertiary/aromatic N) is 4. The number of rotatable bonds is 8. The van der Waals surface area contributed by atoms with Gasteiger partial charge in [-0.15, -0.1) is 0 Å². The SMILES string of the molecule is CCCCN(CCCC)c1nc(C)nc2c1c1c(n2-c2c(C)cc(C)cc2C)CCCC1. The van der Waals surface area contributed by atoms with Crippen LogP contribution in [0.5, 0.6) is 0 Å². The summed E-state index contributed by atoms with van der Waals surface area (Å²) in [4.78, 5) is 12.7. The number of benzene rings is 1. The van der Waals surface area contributed by atoms with Crippen LogP contribution >= 0.6 is 0 Å². The van der Waals surface area contributed by atoms with E-state index < -0.39 is 0 Å². The molecule has 2 aromatic heterocycles. The average Bonchev–Trinajstić information content (AvgIpc) is 3.07. The Morgan fingerprint density at radius 2 is 1.50 bits per heavy atom. The molecule has 1 aliphatic carbocycles. The smallest absolute Gasteiger partial charge is 0.150 e. The highest BCUT2D eigenvalue weighted by molar-refractivity contribution is 5.94. The molecular weight excluding hydrogens is 392 g/mol. The second kappa shape index (κ2) is 9.64. The van der Waals surface area contributed by atoms with E-state index in [1.807, 2.05) is 0 Å². The van der Waals surface area contributed by atoms with E-state index in [0.29, 0.717) is 0 Å². The summed E-state index contributed by atoms with van der Waals surface area (Å²) in [6, 6.07) is 4.63. The summed E-state index contributed by atoms with van der Waals surface area (Å²) in [6.07, 6.45) is 9.59. The molecule has 0 spiro atoms. The highest BCUT2D eigenvalue weighted by atomic mass is 15.2. The summed E-state index contributed by atoms with van der Waals surface area (Å²) in [6.45, 7) is 15.5. The average molecular weight is 433 g/mol. The Labute approximate surface area is 194 Å². The normalized spacial score (nSPS) is 13.6. The van der Waals surface area contributed by atoms with Gasteiger partial charge >= 0.3 is 0 Å². The summed E-state index contributed by atoms with van der Waals surface area (Å²) in [7, 11) is 0. The van der Waals surface area contributed by atoms with Crippen molar-refractivity contribution in [1.82, 2.24) is 14.5 Å². The minimum absolute atomic E-state index is 0.879. The minimum Gasteiger partial charge on any atom is -0.356 e. The van der Waals surface area contributed by atoms with Crippen LogP contribution in [0.1, 0.15) is 86.1 Å². The van der Waals surface area contributed by atoms with Gasteiger partial charge in [-0.25, -0.2) is 9.97 Å². The molecule has 0 aliphatic heterocycles. The zero-order valence-electron chi connectivity index (χ0n) is 21.0. The van der Waals surface area contributed by atoms with E-state index in [9.17, 15) is 0 Å². The van der Waals surface area contributed by atoms with Crippen molar-refractivity contribution in [3.05, 3.63) is 45.9 Å². The molecule has 2 heterocycles. The summed E-state index contributed by atoms with van der Waals surface area (Å²) in [5.41, 5.74) is 9.39. The fourth-order valence-corrected chi connectivity index (χ4v) is 5.52. The lowest BCUT2D eigenvalue weighted by atomic mass is 9.95. The first-order valence-electron chi connectivity index (χ1n) is 12.7. The topological polar surface area (TPSA) is 34.0 Å². The van der Waals surface area contributed by atoms with E-state index in [4.69, 9.17) is 9.97 Å². The van der Waals surface area contributed by atoms with Crippen molar-refractivity contribution in [2.24, 2.45) is 0 Å². The number of aryl methyl sites for hydroxylation is 5. The Morgan fingerprint density at radius 1 is 0.875 bits per heavy atom. The Bertz CT molecular complexity index is 1080. The van der Waals surface area contributed by atoms with Crippen LogP contribution in [0.4, 0.5) is 5.82 Å². The van der Waals surface area contributed by atoms with Crippen molar-refractivity contribution in [2.45, 2.75) is 92.9 Å². The van der Waals surface area contributed by atoms with Gasteiger partial charge < -0.3 is 4.90 Å². The number of aromatic nitrogens is 3. The summed E-state index contributed by atoms with van der Waals surface area (Å²) in [5, 5.41) is 1.32. The van der Waals surface area contributed by atoms with E-state index in [1.54, 1.807) is 0 Å². The summed E-state index contributed by atoms with van der Waals surface area (Å²) >= 11 is 0. The third-order valence-corrected chi connectivity index (χ3v) is 6.93. The van der Waals surface area contributed by atoms with Crippen molar-refractivity contribution in [2.75, 3.05) is 18.0 Å². The highest BCUT2D eigenvalue weighted by Gasteiger charge is 2.28. The fraction of sp³-hybridized carbons (Fsp3) is 0.571. The van der Waals surface area contributed by atoms with Gasteiger partial charge in [0.2, 0.25) is 0 Å². The Balaban J connectivity index is 2.02. The molecule has 0 fully saturated rings. The Morgan fingerprint density at radius 3 is 2.12 bits per heavy atom. The molecule has 1 aliphatic rings. The lowest BCUT2D eigenvalue weighted by molar-refractivity contribution is 0.663. The molecule has 0 saturated carbocycles. The van der Waals surface area contributed by atoms with Gasteiger partial charge in [-0.1, -0.05) is 44.4 Å². The second-order valence-electron chi connectivity index (χ2n) is 9.70. The van der Waals surface area contributed by atoms with Crippen molar-refractivity contribution >= 4 is 16.9 Å². The Hall–Kier alpha value is -2.36. The van der Waals surface area contributed by atoms with Crippen LogP contribution in [0, 0.1) is 27.7 Å².